The van der Waals surface area contributed by atoms with Crippen LogP contribution in [-0.4, -0.2) is 16.0 Å². The van der Waals surface area contributed by atoms with E-state index in [4.69, 9.17) is 0 Å². The Kier molecular flexibility index (Phi) is 3.33. The van der Waals surface area contributed by atoms with Crippen LogP contribution in [0.4, 0.5) is 0 Å². The Morgan fingerprint density at radius 2 is 2.12 bits per heavy atom. The summed E-state index contributed by atoms with van der Waals surface area (Å²) in [4.78, 5) is 0.160. The van der Waals surface area contributed by atoms with E-state index in [0.717, 1.165) is 19.3 Å². The van der Waals surface area contributed by atoms with E-state index >= 15 is 0 Å². The van der Waals surface area contributed by atoms with Crippen LogP contribution >= 0.6 is 15.9 Å². The molecule has 0 aromatic heterocycles. The summed E-state index contributed by atoms with van der Waals surface area (Å²) < 4.78 is 0. The molecule has 2 rings (SSSR count). The van der Waals surface area contributed by atoms with Gasteiger partial charge >= 0.3 is 0 Å². The molecule has 1 fully saturated rings. The van der Waals surface area contributed by atoms with Gasteiger partial charge in [-0.1, -0.05) is 53.6 Å². The zero-order valence-corrected chi connectivity index (χ0v) is 12.7. The van der Waals surface area contributed by atoms with Crippen molar-refractivity contribution in [2.24, 2.45) is 10.8 Å². The molecule has 0 bridgehead atoms. The normalized spacial score (nSPS) is 41.5. The minimum atomic E-state index is -0.296. The fraction of sp³-hybridized carbons (Fsp3) is 0.733. The molecular formula is C15H23BrO. The van der Waals surface area contributed by atoms with E-state index in [2.05, 4.69) is 49.4 Å². The average Bonchev–Trinajstić information content (AvgIpc) is 2.27. The SMILES string of the molecule is C=C1C[C@H](O)[C@H](Br)C(C)(C)[C@@]12CC=C(C)CC2. The predicted octanol–water partition coefficient (Wildman–Crippen LogP) is 4.21. The molecule has 0 aromatic rings. The molecule has 0 saturated heterocycles. The van der Waals surface area contributed by atoms with Gasteiger partial charge in [0.15, 0.2) is 0 Å². The first-order valence-electron chi connectivity index (χ1n) is 6.47. The van der Waals surface area contributed by atoms with E-state index in [1.807, 2.05) is 0 Å². The van der Waals surface area contributed by atoms with Crippen molar-refractivity contribution in [1.82, 2.24) is 0 Å². The van der Waals surface area contributed by atoms with E-state index in [1.54, 1.807) is 0 Å². The topological polar surface area (TPSA) is 20.2 Å². The standard InChI is InChI=1S/C15H23BrO/c1-10-5-7-15(8-6-10)11(2)9-12(17)13(16)14(15,3)4/h5,12-13,17H,2,6-9H2,1,3-4H3/t12-,13-,15+/m0/s1. The number of hydrogen-bond acceptors (Lipinski definition) is 1. The van der Waals surface area contributed by atoms with E-state index in [0.29, 0.717) is 0 Å². The van der Waals surface area contributed by atoms with Gasteiger partial charge in [-0.2, -0.15) is 0 Å². The summed E-state index contributed by atoms with van der Waals surface area (Å²) >= 11 is 3.72. The first-order chi connectivity index (χ1) is 7.81. The summed E-state index contributed by atoms with van der Waals surface area (Å²) in [5.41, 5.74) is 2.96. The van der Waals surface area contributed by atoms with E-state index in [-0.39, 0.29) is 21.8 Å². The highest BCUT2D eigenvalue weighted by molar-refractivity contribution is 9.09. The summed E-state index contributed by atoms with van der Waals surface area (Å²) in [6.45, 7) is 11.0. The monoisotopic (exact) mass is 298 g/mol. The molecule has 0 heterocycles. The van der Waals surface area contributed by atoms with Gasteiger partial charge in [0.2, 0.25) is 0 Å². The highest BCUT2D eigenvalue weighted by Crippen LogP contribution is 2.61. The third-order valence-corrected chi connectivity index (χ3v) is 6.89. The largest absolute Gasteiger partial charge is 0.392 e. The lowest BCUT2D eigenvalue weighted by Gasteiger charge is -2.57. The van der Waals surface area contributed by atoms with Gasteiger partial charge < -0.3 is 5.11 Å². The van der Waals surface area contributed by atoms with Crippen LogP contribution in [0.5, 0.6) is 0 Å². The Morgan fingerprint density at radius 1 is 1.47 bits per heavy atom. The van der Waals surface area contributed by atoms with E-state index in [1.165, 1.54) is 17.6 Å². The first kappa shape index (κ1) is 13.4. The summed E-state index contributed by atoms with van der Waals surface area (Å²) in [6.07, 6.45) is 6.24. The minimum Gasteiger partial charge on any atom is -0.392 e. The van der Waals surface area contributed by atoms with Crippen molar-refractivity contribution >= 4 is 15.9 Å². The van der Waals surface area contributed by atoms with Crippen LogP contribution in [0.25, 0.3) is 0 Å². The lowest BCUT2D eigenvalue weighted by molar-refractivity contribution is 0.00123. The van der Waals surface area contributed by atoms with Gasteiger partial charge in [0.05, 0.1) is 6.10 Å². The molecule has 2 aliphatic carbocycles. The second-order valence-electron chi connectivity index (χ2n) is 6.34. The molecule has 0 amide bonds. The summed E-state index contributed by atoms with van der Waals surface area (Å²) in [6, 6.07) is 0. The zero-order valence-electron chi connectivity index (χ0n) is 11.1. The van der Waals surface area contributed by atoms with Crippen LogP contribution in [0, 0.1) is 10.8 Å². The van der Waals surface area contributed by atoms with Gasteiger partial charge in [-0.15, -0.1) is 0 Å². The molecule has 1 N–H and O–H groups in total. The summed E-state index contributed by atoms with van der Waals surface area (Å²) in [5.74, 6) is 0. The maximum absolute atomic E-state index is 10.1. The lowest BCUT2D eigenvalue weighted by Crippen LogP contribution is -2.54. The molecule has 2 aliphatic rings. The summed E-state index contributed by atoms with van der Waals surface area (Å²) in [5, 5.41) is 10.1. The second-order valence-corrected chi connectivity index (χ2v) is 7.32. The first-order valence-corrected chi connectivity index (χ1v) is 7.39. The van der Waals surface area contributed by atoms with Crippen molar-refractivity contribution < 1.29 is 5.11 Å². The van der Waals surface area contributed by atoms with Gasteiger partial charge in [0, 0.05) is 10.2 Å². The Morgan fingerprint density at radius 3 is 2.65 bits per heavy atom. The molecule has 0 aromatic carbocycles. The van der Waals surface area contributed by atoms with E-state index in [9.17, 15) is 5.11 Å². The number of alkyl halides is 1. The second kappa shape index (κ2) is 4.24. The maximum atomic E-state index is 10.1. The Bertz CT molecular complexity index is 369. The van der Waals surface area contributed by atoms with Gasteiger partial charge in [-0.25, -0.2) is 0 Å². The lowest BCUT2D eigenvalue weighted by atomic mass is 9.50. The Balaban J connectivity index is 2.41. The van der Waals surface area contributed by atoms with Crippen molar-refractivity contribution in [2.45, 2.75) is 57.4 Å². The quantitative estimate of drug-likeness (QED) is 0.524. The van der Waals surface area contributed by atoms with Crippen LogP contribution in [0.1, 0.15) is 46.5 Å². The molecule has 1 saturated carbocycles. The molecule has 17 heavy (non-hydrogen) atoms. The van der Waals surface area contributed by atoms with E-state index < -0.39 is 0 Å². The minimum absolute atomic E-state index is 0.0545. The van der Waals surface area contributed by atoms with Crippen LogP contribution in [-0.2, 0) is 0 Å². The Labute approximate surface area is 113 Å². The highest BCUT2D eigenvalue weighted by atomic mass is 79.9. The fourth-order valence-corrected chi connectivity index (χ4v) is 4.25. The van der Waals surface area contributed by atoms with Crippen molar-refractivity contribution in [1.29, 1.82) is 0 Å². The smallest absolute Gasteiger partial charge is 0.0707 e. The molecule has 1 nitrogen and oxygen atoms in total. The zero-order chi connectivity index (χ0) is 12.8. The Hall–Kier alpha value is -0.0800. The van der Waals surface area contributed by atoms with Crippen molar-refractivity contribution in [3.8, 4) is 0 Å². The van der Waals surface area contributed by atoms with Crippen LogP contribution < -0.4 is 0 Å². The number of rotatable bonds is 0. The molecule has 2 heteroatoms. The molecule has 0 unspecified atom stereocenters. The molecular weight excluding hydrogens is 276 g/mol. The third kappa shape index (κ3) is 1.84. The predicted molar refractivity (Wildman–Crippen MR) is 76.3 cm³/mol. The van der Waals surface area contributed by atoms with Gasteiger partial charge in [0.1, 0.15) is 0 Å². The number of hydrogen-bond donors (Lipinski definition) is 1. The fourth-order valence-electron chi connectivity index (χ4n) is 3.62. The molecule has 0 radical (unpaired) electrons. The summed E-state index contributed by atoms with van der Waals surface area (Å²) in [7, 11) is 0. The van der Waals surface area contributed by atoms with Crippen molar-refractivity contribution in [3.05, 3.63) is 23.8 Å². The molecule has 96 valence electrons. The highest BCUT2D eigenvalue weighted by Gasteiger charge is 2.55. The van der Waals surface area contributed by atoms with Gasteiger partial charge in [-0.05, 0) is 38.0 Å². The van der Waals surface area contributed by atoms with Crippen LogP contribution in [0.3, 0.4) is 0 Å². The van der Waals surface area contributed by atoms with Gasteiger partial charge in [-0.3, -0.25) is 0 Å². The maximum Gasteiger partial charge on any atom is 0.0707 e. The number of aliphatic hydroxyl groups is 1. The number of halogens is 1. The average molecular weight is 299 g/mol. The van der Waals surface area contributed by atoms with Crippen LogP contribution in [0.2, 0.25) is 0 Å². The molecule has 0 aliphatic heterocycles. The van der Waals surface area contributed by atoms with Crippen LogP contribution in [0.15, 0.2) is 23.8 Å². The van der Waals surface area contributed by atoms with Crippen molar-refractivity contribution in [3.63, 3.8) is 0 Å². The van der Waals surface area contributed by atoms with Gasteiger partial charge in [0.25, 0.3) is 0 Å². The molecule has 1 spiro atoms. The molecule has 3 atom stereocenters. The van der Waals surface area contributed by atoms with Crippen molar-refractivity contribution in [2.75, 3.05) is 0 Å². The number of aliphatic hydroxyl groups excluding tert-OH is 1. The third-order valence-electron chi connectivity index (χ3n) is 5.14. The number of allylic oxidation sites excluding steroid dienone is 2.